The first-order valence-corrected chi connectivity index (χ1v) is 19.5. The minimum Gasteiger partial charge on any atom is -0.507 e. The summed E-state index contributed by atoms with van der Waals surface area (Å²) in [5, 5.41) is 17.1. The van der Waals surface area contributed by atoms with Gasteiger partial charge in [-0.05, 0) is 84.4 Å². The number of para-hydroxylation sites is 1. The van der Waals surface area contributed by atoms with E-state index in [1.54, 1.807) is 66.7 Å². The van der Waals surface area contributed by atoms with E-state index >= 15 is 0 Å². The fraction of sp³-hybridized carbons (Fsp3) is 0.600. The minimum atomic E-state index is -1.33. The number of nitrogens with zero attached hydrogens (tertiary/aromatic N) is 1. The van der Waals surface area contributed by atoms with Crippen molar-refractivity contribution in [3.8, 4) is 5.75 Å². The largest absolute Gasteiger partial charge is 0.507 e. The van der Waals surface area contributed by atoms with E-state index in [2.05, 4.69) is 17.6 Å². The van der Waals surface area contributed by atoms with Gasteiger partial charge in [-0.25, -0.2) is 9.59 Å². The van der Waals surface area contributed by atoms with Gasteiger partial charge < -0.3 is 30.1 Å². The van der Waals surface area contributed by atoms with Crippen LogP contribution in [0.5, 0.6) is 5.75 Å². The lowest BCUT2D eigenvalue weighted by Gasteiger charge is -2.36. The van der Waals surface area contributed by atoms with Crippen molar-refractivity contribution in [1.82, 2.24) is 15.5 Å². The molecule has 10 nitrogen and oxygen atoms in total. The Morgan fingerprint density at radius 2 is 1.45 bits per heavy atom. The number of unbranched alkanes of at least 4 members (excludes halogenated alkanes) is 5. The van der Waals surface area contributed by atoms with Crippen LogP contribution in [0.1, 0.15) is 116 Å². The number of esters is 1. The highest BCUT2D eigenvalue weighted by atomic mass is 32.2. The van der Waals surface area contributed by atoms with Crippen molar-refractivity contribution >= 4 is 35.6 Å². The van der Waals surface area contributed by atoms with Gasteiger partial charge in [-0.3, -0.25) is 9.59 Å². The van der Waals surface area contributed by atoms with E-state index < -0.39 is 53.2 Å². The van der Waals surface area contributed by atoms with Crippen LogP contribution in [0.15, 0.2) is 48.5 Å². The summed E-state index contributed by atoms with van der Waals surface area (Å²) in [6.45, 7) is 14.5. The van der Waals surface area contributed by atoms with E-state index in [4.69, 9.17) is 9.47 Å². The van der Waals surface area contributed by atoms with E-state index in [9.17, 15) is 24.3 Å². The number of ether oxygens (including phenoxy) is 2. The number of alkyl carbamates (subject to hydrolysis) is 1. The van der Waals surface area contributed by atoms with Crippen molar-refractivity contribution in [2.75, 3.05) is 18.6 Å². The molecule has 0 saturated heterocycles. The number of amides is 3. The standard InChI is InChI=1S/C40H61N3O7S/c1-10-11-12-13-14-18-25-43(36(46)31(24-26-51-9)42-38(48)50-40(6,7)8)33(30-23-19-20-28(2)34(30)44)35(45)41-32(37(47)49-39(3,4)5)27-29-21-16-15-17-22-29/h15-17,19-23,31-33,44H,10-14,18,24-27H2,1-9H3,(H,41,45)(H,42,48). The normalized spacial score (nSPS) is 13.4. The quantitative estimate of drug-likeness (QED) is 0.0993. The van der Waals surface area contributed by atoms with Gasteiger partial charge in [0.1, 0.15) is 35.1 Å². The molecule has 0 spiro atoms. The number of hydrogen-bond acceptors (Lipinski definition) is 8. The van der Waals surface area contributed by atoms with E-state index in [0.29, 0.717) is 17.7 Å². The summed E-state index contributed by atoms with van der Waals surface area (Å²) >= 11 is 1.53. The van der Waals surface area contributed by atoms with Gasteiger partial charge in [0, 0.05) is 18.5 Å². The molecule has 0 fully saturated rings. The third-order valence-electron chi connectivity index (χ3n) is 8.05. The topological polar surface area (TPSA) is 134 Å². The van der Waals surface area contributed by atoms with Gasteiger partial charge in [-0.1, -0.05) is 87.6 Å². The van der Waals surface area contributed by atoms with Gasteiger partial charge in [-0.15, -0.1) is 0 Å². The molecule has 0 bridgehead atoms. The van der Waals surface area contributed by atoms with Crippen LogP contribution in [0.25, 0.3) is 0 Å². The number of aryl methyl sites for hydroxylation is 1. The molecule has 0 saturated carbocycles. The van der Waals surface area contributed by atoms with Crippen molar-refractivity contribution in [1.29, 1.82) is 0 Å². The van der Waals surface area contributed by atoms with Gasteiger partial charge in [0.05, 0.1) is 0 Å². The van der Waals surface area contributed by atoms with Gasteiger partial charge in [-0.2, -0.15) is 11.8 Å². The molecule has 0 aromatic heterocycles. The van der Waals surface area contributed by atoms with Crippen LogP contribution in [0.3, 0.4) is 0 Å². The second kappa shape index (κ2) is 21.0. The highest BCUT2D eigenvalue weighted by Gasteiger charge is 2.39. The number of thioether (sulfide) groups is 1. The Morgan fingerprint density at radius 3 is 2.06 bits per heavy atom. The Kier molecular flexibility index (Phi) is 17.8. The fourth-order valence-corrected chi connectivity index (χ4v) is 6.06. The molecular weight excluding hydrogens is 667 g/mol. The zero-order valence-electron chi connectivity index (χ0n) is 32.2. The number of carbonyl (C=O) groups excluding carboxylic acids is 4. The van der Waals surface area contributed by atoms with Crippen LogP contribution in [-0.2, 0) is 30.3 Å². The van der Waals surface area contributed by atoms with E-state index in [-0.39, 0.29) is 30.7 Å². The Hall–Kier alpha value is -3.73. The molecule has 2 aromatic rings. The maximum atomic E-state index is 14.7. The molecule has 284 valence electrons. The molecule has 0 aliphatic rings. The maximum absolute atomic E-state index is 14.7. The summed E-state index contributed by atoms with van der Waals surface area (Å²) in [7, 11) is 0. The molecule has 0 aliphatic heterocycles. The lowest BCUT2D eigenvalue weighted by molar-refractivity contribution is -0.159. The molecule has 0 aliphatic carbocycles. The summed E-state index contributed by atoms with van der Waals surface area (Å²) in [5.74, 6) is -1.33. The average molecular weight is 728 g/mol. The Balaban J connectivity index is 2.67. The number of carbonyl (C=O) groups is 4. The minimum absolute atomic E-state index is 0.129. The van der Waals surface area contributed by atoms with Crippen molar-refractivity contribution in [2.24, 2.45) is 0 Å². The Labute approximate surface area is 309 Å². The number of phenols is 1. The zero-order valence-corrected chi connectivity index (χ0v) is 33.0. The predicted octanol–water partition coefficient (Wildman–Crippen LogP) is 7.65. The number of benzene rings is 2. The highest BCUT2D eigenvalue weighted by Crippen LogP contribution is 2.33. The first kappa shape index (κ1) is 43.4. The molecule has 3 amide bonds. The summed E-state index contributed by atoms with van der Waals surface area (Å²) in [6, 6.07) is 10.9. The molecule has 2 rings (SSSR count). The van der Waals surface area contributed by atoms with Crippen LogP contribution < -0.4 is 10.6 Å². The van der Waals surface area contributed by atoms with Crippen molar-refractivity contribution < 1.29 is 33.8 Å². The third-order valence-corrected chi connectivity index (χ3v) is 8.69. The van der Waals surface area contributed by atoms with Crippen molar-refractivity contribution in [3.05, 3.63) is 65.2 Å². The van der Waals surface area contributed by atoms with Gasteiger partial charge in [0.2, 0.25) is 11.8 Å². The summed E-state index contributed by atoms with van der Waals surface area (Å²) in [6.07, 6.45) is 7.23. The van der Waals surface area contributed by atoms with E-state index in [1.807, 2.05) is 36.6 Å². The molecule has 0 heterocycles. The van der Waals surface area contributed by atoms with Crippen LogP contribution in [0, 0.1) is 6.92 Å². The second-order valence-electron chi connectivity index (χ2n) is 15.0. The fourth-order valence-electron chi connectivity index (χ4n) is 5.59. The molecule has 0 radical (unpaired) electrons. The first-order valence-electron chi connectivity index (χ1n) is 18.1. The third kappa shape index (κ3) is 15.6. The van der Waals surface area contributed by atoms with Crippen molar-refractivity contribution in [2.45, 2.75) is 136 Å². The van der Waals surface area contributed by atoms with E-state index in [0.717, 1.165) is 37.7 Å². The van der Waals surface area contributed by atoms with Crippen LogP contribution >= 0.6 is 11.8 Å². The van der Waals surface area contributed by atoms with Gasteiger partial charge >= 0.3 is 12.1 Å². The number of rotatable bonds is 19. The lowest BCUT2D eigenvalue weighted by Crippen LogP contribution is -2.55. The molecule has 11 heteroatoms. The first-order chi connectivity index (χ1) is 24.0. The number of phenolic OH excluding ortho intramolecular Hbond substituents is 1. The average Bonchev–Trinajstić information content (AvgIpc) is 3.04. The number of nitrogens with one attached hydrogen (secondary N) is 2. The van der Waals surface area contributed by atoms with Crippen molar-refractivity contribution in [3.63, 3.8) is 0 Å². The summed E-state index contributed by atoms with van der Waals surface area (Å²) in [5.41, 5.74) is -0.0582. The molecule has 3 atom stereocenters. The molecule has 3 N–H and O–H groups in total. The van der Waals surface area contributed by atoms with Crippen LogP contribution in [-0.4, -0.2) is 75.7 Å². The zero-order chi connectivity index (χ0) is 38.2. The van der Waals surface area contributed by atoms with Crippen LogP contribution in [0.4, 0.5) is 4.79 Å². The number of aromatic hydroxyl groups is 1. The smallest absolute Gasteiger partial charge is 0.408 e. The molecule has 51 heavy (non-hydrogen) atoms. The SMILES string of the molecule is CCCCCCCCN(C(=O)C(CCSC)NC(=O)OC(C)(C)C)C(C(=O)NC(Cc1ccccc1)C(=O)OC(C)(C)C)c1cccc(C)c1O. The predicted molar refractivity (Wildman–Crippen MR) is 205 cm³/mol. The summed E-state index contributed by atoms with van der Waals surface area (Å²) in [4.78, 5) is 57.5. The van der Waals surface area contributed by atoms with Gasteiger partial charge in [0.25, 0.3) is 0 Å². The lowest BCUT2D eigenvalue weighted by atomic mass is 9.97. The summed E-state index contributed by atoms with van der Waals surface area (Å²) < 4.78 is 11.3. The molecular formula is C40H61N3O7S. The number of hydrogen-bond donors (Lipinski definition) is 3. The Bertz CT molecular complexity index is 1400. The maximum Gasteiger partial charge on any atom is 0.408 e. The highest BCUT2D eigenvalue weighted by molar-refractivity contribution is 7.98. The Morgan fingerprint density at radius 1 is 0.824 bits per heavy atom. The second-order valence-corrected chi connectivity index (χ2v) is 16.0. The van der Waals surface area contributed by atoms with Crippen LogP contribution in [0.2, 0.25) is 0 Å². The molecule has 3 unspecified atom stereocenters. The monoisotopic (exact) mass is 727 g/mol. The van der Waals surface area contributed by atoms with E-state index in [1.165, 1.54) is 16.7 Å². The molecule has 2 aromatic carbocycles. The van der Waals surface area contributed by atoms with Gasteiger partial charge in [0.15, 0.2) is 0 Å².